The quantitative estimate of drug-likeness (QED) is 0.727. The van der Waals surface area contributed by atoms with Crippen molar-refractivity contribution in [2.45, 2.75) is 20.3 Å². The molecule has 1 saturated heterocycles. The van der Waals surface area contributed by atoms with Gasteiger partial charge in [-0.3, -0.25) is 19.1 Å². The Hall–Kier alpha value is -3.61. The molecule has 1 atom stereocenters. The summed E-state index contributed by atoms with van der Waals surface area (Å²) in [6, 6.07) is 16.9. The maximum absolute atomic E-state index is 13.0. The van der Waals surface area contributed by atoms with E-state index in [1.807, 2.05) is 61.5 Å². The molecule has 1 aromatic heterocycles. The minimum atomic E-state index is -0.511. The van der Waals surface area contributed by atoms with Crippen LogP contribution in [0.5, 0.6) is 0 Å². The van der Waals surface area contributed by atoms with Crippen LogP contribution in [0.1, 0.15) is 17.7 Å². The molecule has 0 saturated carbocycles. The smallest absolute Gasteiger partial charge is 0.295 e. The fraction of sp³-hybridized carbons (Fsp3) is 0.261. The van der Waals surface area contributed by atoms with E-state index < -0.39 is 5.92 Å². The predicted molar refractivity (Wildman–Crippen MR) is 116 cm³/mol. The van der Waals surface area contributed by atoms with Crippen molar-refractivity contribution < 1.29 is 9.59 Å². The molecule has 0 spiro atoms. The topological polar surface area (TPSA) is 76.3 Å². The van der Waals surface area contributed by atoms with Gasteiger partial charge in [-0.05, 0) is 38.1 Å². The van der Waals surface area contributed by atoms with Crippen molar-refractivity contribution in [3.8, 4) is 5.69 Å². The van der Waals surface area contributed by atoms with Crippen LogP contribution in [0.3, 0.4) is 0 Å². The molecule has 1 fully saturated rings. The van der Waals surface area contributed by atoms with Crippen molar-refractivity contribution in [3.63, 3.8) is 0 Å². The van der Waals surface area contributed by atoms with E-state index in [9.17, 15) is 14.4 Å². The molecular weight excluding hydrogens is 380 g/mol. The van der Waals surface area contributed by atoms with Crippen LogP contribution in [0.25, 0.3) is 5.69 Å². The lowest BCUT2D eigenvalue weighted by Gasteiger charge is -2.16. The van der Waals surface area contributed by atoms with E-state index in [1.54, 1.807) is 23.6 Å². The number of anilines is 2. The Balaban J connectivity index is 1.56. The van der Waals surface area contributed by atoms with E-state index in [1.165, 1.54) is 4.68 Å². The summed E-state index contributed by atoms with van der Waals surface area (Å²) < 4.78 is 3.23. The van der Waals surface area contributed by atoms with E-state index >= 15 is 0 Å². The minimum absolute atomic E-state index is 0.0921. The number of aryl methyl sites for hydroxylation is 1. The van der Waals surface area contributed by atoms with Crippen LogP contribution >= 0.6 is 0 Å². The Morgan fingerprint density at radius 1 is 0.967 bits per heavy atom. The van der Waals surface area contributed by atoms with Gasteiger partial charge < -0.3 is 10.2 Å². The molecule has 7 heteroatoms. The minimum Gasteiger partial charge on any atom is -0.320 e. The molecule has 0 bridgehead atoms. The molecule has 0 radical (unpaired) electrons. The number of carbonyl (C=O) groups excluding carboxylic acids is 2. The Morgan fingerprint density at radius 2 is 1.63 bits per heavy atom. The summed E-state index contributed by atoms with van der Waals surface area (Å²) in [5.74, 6) is -0.919. The molecule has 1 N–H and O–H groups in total. The van der Waals surface area contributed by atoms with Crippen LogP contribution in [-0.4, -0.2) is 27.7 Å². The molecule has 4 rings (SSSR count). The van der Waals surface area contributed by atoms with Crippen molar-refractivity contribution in [3.05, 3.63) is 76.2 Å². The highest BCUT2D eigenvalue weighted by Gasteiger charge is 2.36. The first-order chi connectivity index (χ1) is 14.4. The summed E-state index contributed by atoms with van der Waals surface area (Å²) in [6.07, 6.45) is 0.123. The molecule has 2 aromatic carbocycles. The molecule has 154 valence electrons. The lowest BCUT2D eigenvalue weighted by Crippen LogP contribution is -2.29. The molecule has 0 unspecified atom stereocenters. The summed E-state index contributed by atoms with van der Waals surface area (Å²) in [6.45, 7) is 4.07. The largest absolute Gasteiger partial charge is 0.320 e. The summed E-state index contributed by atoms with van der Waals surface area (Å²) in [4.78, 5) is 40.0. The Morgan fingerprint density at radius 3 is 2.30 bits per heavy atom. The molecular formula is C23H24N4O3. The van der Waals surface area contributed by atoms with Crippen LogP contribution < -0.4 is 15.8 Å². The highest BCUT2D eigenvalue weighted by molar-refractivity contribution is 6.03. The number of rotatable bonds is 4. The highest BCUT2D eigenvalue weighted by Crippen LogP contribution is 2.26. The second kappa shape index (κ2) is 7.67. The Kier molecular flexibility index (Phi) is 5.03. The Bertz CT molecular complexity index is 1160. The predicted octanol–water partition coefficient (Wildman–Crippen LogP) is 2.78. The molecule has 30 heavy (non-hydrogen) atoms. The third-order valence-electron chi connectivity index (χ3n) is 5.64. The lowest BCUT2D eigenvalue weighted by molar-refractivity contribution is -0.122. The molecule has 2 amide bonds. The summed E-state index contributed by atoms with van der Waals surface area (Å²) in [5.41, 5.74) is 3.20. The van der Waals surface area contributed by atoms with Gasteiger partial charge in [0.15, 0.2) is 0 Å². The molecule has 7 nitrogen and oxygen atoms in total. The average molecular weight is 404 g/mol. The van der Waals surface area contributed by atoms with Crippen LogP contribution in [0.4, 0.5) is 11.4 Å². The highest BCUT2D eigenvalue weighted by atomic mass is 16.2. The lowest BCUT2D eigenvalue weighted by atomic mass is 10.1. The van der Waals surface area contributed by atoms with E-state index in [0.29, 0.717) is 12.2 Å². The molecule has 3 aromatic rings. The first kappa shape index (κ1) is 19.7. The molecule has 2 heterocycles. The number of hydrogen-bond acceptors (Lipinski definition) is 3. The monoisotopic (exact) mass is 404 g/mol. The second-order valence-electron chi connectivity index (χ2n) is 7.67. The maximum atomic E-state index is 13.0. The first-order valence-electron chi connectivity index (χ1n) is 9.88. The summed E-state index contributed by atoms with van der Waals surface area (Å²) in [5, 5.41) is 2.78. The second-order valence-corrected chi connectivity index (χ2v) is 7.67. The van der Waals surface area contributed by atoms with E-state index in [4.69, 9.17) is 0 Å². The van der Waals surface area contributed by atoms with Crippen LogP contribution in [0, 0.1) is 19.8 Å². The van der Waals surface area contributed by atoms with Gasteiger partial charge in [0, 0.05) is 25.7 Å². The number of nitrogens with zero attached hydrogens (tertiary/aromatic N) is 3. The first-order valence-corrected chi connectivity index (χ1v) is 9.88. The molecule has 0 aliphatic carbocycles. The number of para-hydroxylation sites is 1. The van der Waals surface area contributed by atoms with Gasteiger partial charge in [-0.25, -0.2) is 4.68 Å². The van der Waals surface area contributed by atoms with Crippen molar-refractivity contribution >= 4 is 23.2 Å². The number of amides is 2. The fourth-order valence-corrected chi connectivity index (χ4v) is 3.79. The zero-order valence-corrected chi connectivity index (χ0v) is 17.3. The number of aromatic nitrogens is 2. The number of nitrogens with one attached hydrogen (secondary N) is 1. The van der Waals surface area contributed by atoms with Crippen molar-refractivity contribution in [1.29, 1.82) is 0 Å². The third kappa shape index (κ3) is 3.43. The van der Waals surface area contributed by atoms with Gasteiger partial charge in [-0.2, -0.15) is 0 Å². The van der Waals surface area contributed by atoms with Gasteiger partial charge >= 0.3 is 0 Å². The van der Waals surface area contributed by atoms with Crippen LogP contribution in [0.15, 0.2) is 59.4 Å². The fourth-order valence-electron chi connectivity index (χ4n) is 3.79. The van der Waals surface area contributed by atoms with Crippen molar-refractivity contribution in [1.82, 2.24) is 9.36 Å². The molecule has 1 aliphatic rings. The van der Waals surface area contributed by atoms with Gasteiger partial charge in [0.1, 0.15) is 5.69 Å². The zero-order chi connectivity index (χ0) is 21.4. The van der Waals surface area contributed by atoms with Gasteiger partial charge in [0.2, 0.25) is 11.8 Å². The third-order valence-corrected chi connectivity index (χ3v) is 5.64. The van der Waals surface area contributed by atoms with Crippen LogP contribution in [0.2, 0.25) is 0 Å². The van der Waals surface area contributed by atoms with Gasteiger partial charge in [0.25, 0.3) is 5.56 Å². The van der Waals surface area contributed by atoms with E-state index in [-0.39, 0.29) is 29.5 Å². The van der Waals surface area contributed by atoms with Crippen molar-refractivity contribution in [2.24, 2.45) is 13.0 Å². The van der Waals surface area contributed by atoms with Crippen molar-refractivity contribution in [2.75, 3.05) is 16.8 Å². The summed E-state index contributed by atoms with van der Waals surface area (Å²) >= 11 is 0. The maximum Gasteiger partial charge on any atom is 0.295 e. The SMILES string of the molecule is Cc1ccc(N2C[C@@H](C(=O)Nc3c(C)n(C)n(-c4ccccc4)c3=O)CC2=O)cc1. The number of carbonyl (C=O) groups is 2. The zero-order valence-electron chi connectivity index (χ0n) is 17.3. The summed E-state index contributed by atoms with van der Waals surface area (Å²) in [7, 11) is 1.78. The Labute approximate surface area is 174 Å². The van der Waals surface area contributed by atoms with E-state index in [0.717, 1.165) is 16.9 Å². The normalized spacial score (nSPS) is 16.2. The van der Waals surface area contributed by atoms with Gasteiger partial charge in [-0.15, -0.1) is 0 Å². The standard InChI is InChI=1S/C23H24N4O3/c1-15-9-11-18(12-10-15)26-14-17(13-20(26)28)22(29)24-21-16(2)25(3)27(23(21)30)19-7-5-4-6-8-19/h4-12,17H,13-14H2,1-3H3,(H,24,29)/t17-/m0/s1. The van der Waals surface area contributed by atoms with Crippen LogP contribution in [-0.2, 0) is 16.6 Å². The van der Waals surface area contributed by atoms with Gasteiger partial charge in [-0.1, -0.05) is 35.9 Å². The average Bonchev–Trinajstić information content (AvgIpc) is 3.22. The van der Waals surface area contributed by atoms with E-state index in [2.05, 4.69) is 5.32 Å². The number of hydrogen-bond donors (Lipinski definition) is 1. The number of benzene rings is 2. The molecule has 1 aliphatic heterocycles. The van der Waals surface area contributed by atoms with Gasteiger partial charge in [0.05, 0.1) is 17.3 Å².